The molecular formula is C21H31NO3. The van der Waals surface area contributed by atoms with Crippen molar-refractivity contribution >= 4 is 0 Å². The molecule has 1 aromatic carbocycles. The molecule has 1 unspecified atom stereocenters. The first-order chi connectivity index (χ1) is 11.9. The summed E-state index contributed by atoms with van der Waals surface area (Å²) in [5, 5.41) is 3.62. The van der Waals surface area contributed by atoms with Gasteiger partial charge in [-0.2, -0.15) is 0 Å². The summed E-state index contributed by atoms with van der Waals surface area (Å²) in [6.45, 7) is 9.61. The number of hydrogen-bond donors (Lipinski definition) is 1. The number of ether oxygens (including phenoxy) is 2. The van der Waals surface area contributed by atoms with Gasteiger partial charge in [0.25, 0.3) is 0 Å². The maximum atomic E-state index is 5.82. The van der Waals surface area contributed by atoms with Crippen molar-refractivity contribution in [2.24, 2.45) is 0 Å². The van der Waals surface area contributed by atoms with Crippen LogP contribution in [-0.2, 0) is 11.8 Å². The van der Waals surface area contributed by atoms with Gasteiger partial charge < -0.3 is 19.2 Å². The van der Waals surface area contributed by atoms with Crippen molar-refractivity contribution in [1.82, 2.24) is 5.32 Å². The highest BCUT2D eigenvalue weighted by Gasteiger charge is 2.26. The summed E-state index contributed by atoms with van der Waals surface area (Å²) < 4.78 is 16.5. The van der Waals surface area contributed by atoms with Crippen LogP contribution < -0.4 is 14.8 Å². The molecule has 0 aliphatic carbocycles. The molecule has 4 nitrogen and oxygen atoms in total. The van der Waals surface area contributed by atoms with Gasteiger partial charge in [0.15, 0.2) is 11.5 Å². The predicted molar refractivity (Wildman–Crippen MR) is 102 cm³/mol. The Morgan fingerprint density at radius 2 is 1.80 bits per heavy atom. The Labute approximate surface area is 151 Å². The van der Waals surface area contributed by atoms with Gasteiger partial charge in [-0.25, -0.2) is 0 Å². The Hall–Kier alpha value is -1.94. The van der Waals surface area contributed by atoms with E-state index in [1.54, 1.807) is 14.2 Å². The summed E-state index contributed by atoms with van der Waals surface area (Å²) in [7, 11) is 3.32. The number of rotatable bonds is 9. The maximum Gasteiger partial charge on any atom is 0.160 e. The molecule has 1 atom stereocenters. The third-order valence-electron chi connectivity index (χ3n) is 4.58. The van der Waals surface area contributed by atoms with Crippen LogP contribution in [0.1, 0.15) is 44.3 Å². The van der Waals surface area contributed by atoms with Crippen molar-refractivity contribution in [3.05, 3.63) is 47.4 Å². The van der Waals surface area contributed by atoms with Crippen molar-refractivity contribution in [2.75, 3.05) is 20.8 Å². The SMILES string of the molecule is COc1ccc(CCNC(C)CC(C)(C)c2ccc(C)o2)cc1OC. The molecule has 2 aromatic rings. The Morgan fingerprint density at radius 1 is 1.08 bits per heavy atom. The van der Waals surface area contributed by atoms with Gasteiger partial charge in [-0.15, -0.1) is 0 Å². The highest BCUT2D eigenvalue weighted by Crippen LogP contribution is 2.30. The molecule has 0 bridgehead atoms. The first-order valence-corrected chi connectivity index (χ1v) is 8.87. The van der Waals surface area contributed by atoms with E-state index in [0.29, 0.717) is 6.04 Å². The Balaban J connectivity index is 1.85. The quantitative estimate of drug-likeness (QED) is 0.727. The molecule has 0 amide bonds. The van der Waals surface area contributed by atoms with Crippen molar-refractivity contribution in [3.8, 4) is 11.5 Å². The first kappa shape index (κ1) is 19.4. The standard InChI is InChI=1S/C21H31NO3/c1-15(14-21(3,4)20-10-7-16(2)25-20)22-12-11-17-8-9-18(23-5)19(13-17)24-6/h7-10,13,15,22H,11-12,14H2,1-6H3. The fourth-order valence-electron chi connectivity index (χ4n) is 3.24. The first-order valence-electron chi connectivity index (χ1n) is 8.87. The second-order valence-corrected chi connectivity index (χ2v) is 7.29. The summed E-state index contributed by atoms with van der Waals surface area (Å²) in [4.78, 5) is 0. The van der Waals surface area contributed by atoms with Gasteiger partial charge in [0.05, 0.1) is 14.2 Å². The highest BCUT2D eigenvalue weighted by atomic mass is 16.5. The van der Waals surface area contributed by atoms with Gasteiger partial charge in [-0.05, 0) is 63.1 Å². The summed E-state index contributed by atoms with van der Waals surface area (Å²) >= 11 is 0. The molecule has 0 spiro atoms. The van der Waals surface area contributed by atoms with Crippen molar-refractivity contribution < 1.29 is 13.9 Å². The molecular weight excluding hydrogens is 314 g/mol. The Bertz CT molecular complexity index is 676. The zero-order valence-electron chi connectivity index (χ0n) is 16.3. The molecule has 1 N–H and O–H groups in total. The lowest BCUT2D eigenvalue weighted by atomic mass is 9.83. The summed E-state index contributed by atoms with van der Waals surface area (Å²) in [5.41, 5.74) is 1.25. The van der Waals surface area contributed by atoms with E-state index < -0.39 is 0 Å². The summed E-state index contributed by atoms with van der Waals surface area (Å²) in [6, 6.07) is 10.6. The predicted octanol–water partition coefficient (Wildman–Crippen LogP) is 4.49. The van der Waals surface area contributed by atoms with Crippen LogP contribution >= 0.6 is 0 Å². The normalized spacial score (nSPS) is 12.9. The van der Waals surface area contributed by atoms with Crippen LogP contribution in [0.25, 0.3) is 0 Å². The van der Waals surface area contributed by atoms with Crippen LogP contribution in [0.4, 0.5) is 0 Å². The fourth-order valence-corrected chi connectivity index (χ4v) is 3.24. The van der Waals surface area contributed by atoms with Gasteiger partial charge in [0.2, 0.25) is 0 Å². The van der Waals surface area contributed by atoms with Crippen LogP contribution in [-0.4, -0.2) is 26.8 Å². The van der Waals surface area contributed by atoms with E-state index >= 15 is 0 Å². The molecule has 138 valence electrons. The minimum absolute atomic E-state index is 0.0179. The largest absolute Gasteiger partial charge is 0.493 e. The van der Waals surface area contributed by atoms with E-state index in [2.05, 4.69) is 38.2 Å². The van der Waals surface area contributed by atoms with Crippen molar-refractivity contribution in [1.29, 1.82) is 0 Å². The second kappa shape index (κ2) is 8.43. The summed E-state index contributed by atoms with van der Waals surface area (Å²) in [6.07, 6.45) is 1.97. The number of aryl methyl sites for hydroxylation is 1. The average molecular weight is 345 g/mol. The van der Waals surface area contributed by atoms with Gasteiger partial charge in [0.1, 0.15) is 11.5 Å². The maximum absolute atomic E-state index is 5.82. The lowest BCUT2D eigenvalue weighted by molar-refractivity contribution is 0.320. The third-order valence-corrected chi connectivity index (χ3v) is 4.58. The smallest absolute Gasteiger partial charge is 0.160 e. The zero-order valence-corrected chi connectivity index (χ0v) is 16.3. The van der Waals surface area contributed by atoms with E-state index in [1.165, 1.54) is 5.56 Å². The molecule has 0 fully saturated rings. The van der Waals surface area contributed by atoms with Crippen LogP contribution in [0.5, 0.6) is 11.5 Å². The van der Waals surface area contributed by atoms with Crippen LogP contribution in [0.2, 0.25) is 0 Å². The lowest BCUT2D eigenvalue weighted by Gasteiger charge is -2.26. The summed E-state index contributed by atoms with van der Waals surface area (Å²) in [5.74, 6) is 3.57. The number of nitrogens with one attached hydrogen (secondary N) is 1. The molecule has 25 heavy (non-hydrogen) atoms. The van der Waals surface area contributed by atoms with Gasteiger partial charge >= 0.3 is 0 Å². The topological polar surface area (TPSA) is 43.6 Å². The number of hydrogen-bond acceptors (Lipinski definition) is 4. The van der Waals surface area contributed by atoms with Crippen LogP contribution in [0.3, 0.4) is 0 Å². The minimum Gasteiger partial charge on any atom is -0.493 e. The van der Waals surface area contributed by atoms with Gasteiger partial charge in [-0.1, -0.05) is 19.9 Å². The molecule has 0 aliphatic heterocycles. The molecule has 0 radical (unpaired) electrons. The van der Waals surface area contributed by atoms with Gasteiger partial charge in [-0.3, -0.25) is 0 Å². The minimum atomic E-state index is 0.0179. The molecule has 2 rings (SSSR count). The van der Waals surface area contributed by atoms with Crippen LogP contribution in [0, 0.1) is 6.92 Å². The van der Waals surface area contributed by atoms with E-state index in [-0.39, 0.29) is 5.41 Å². The fraction of sp³-hybridized carbons (Fsp3) is 0.524. The molecule has 1 heterocycles. The number of benzene rings is 1. The molecule has 0 saturated heterocycles. The Morgan fingerprint density at radius 3 is 2.40 bits per heavy atom. The van der Waals surface area contributed by atoms with E-state index in [4.69, 9.17) is 13.9 Å². The van der Waals surface area contributed by atoms with E-state index in [0.717, 1.165) is 42.4 Å². The second-order valence-electron chi connectivity index (χ2n) is 7.29. The average Bonchev–Trinajstić information content (AvgIpc) is 3.01. The molecule has 4 heteroatoms. The molecule has 0 aliphatic rings. The van der Waals surface area contributed by atoms with Crippen LogP contribution in [0.15, 0.2) is 34.7 Å². The number of methoxy groups -OCH3 is 2. The molecule has 0 saturated carbocycles. The Kier molecular flexibility index (Phi) is 6.54. The van der Waals surface area contributed by atoms with Crippen molar-refractivity contribution in [2.45, 2.75) is 52.0 Å². The monoisotopic (exact) mass is 345 g/mol. The van der Waals surface area contributed by atoms with E-state index in [1.807, 2.05) is 25.1 Å². The lowest BCUT2D eigenvalue weighted by Crippen LogP contribution is -2.34. The van der Waals surface area contributed by atoms with E-state index in [9.17, 15) is 0 Å². The van der Waals surface area contributed by atoms with Crippen molar-refractivity contribution in [3.63, 3.8) is 0 Å². The number of furan rings is 1. The zero-order chi connectivity index (χ0) is 18.4. The third kappa shape index (κ3) is 5.27. The molecule has 1 aromatic heterocycles. The van der Waals surface area contributed by atoms with Gasteiger partial charge in [0, 0.05) is 11.5 Å². The highest BCUT2D eigenvalue weighted by molar-refractivity contribution is 5.42.